The van der Waals surface area contributed by atoms with Crippen LogP contribution in [-0.4, -0.2) is 11.5 Å². The minimum absolute atomic E-state index is 0. The van der Waals surface area contributed by atoms with Crippen molar-refractivity contribution in [1.82, 2.24) is 0 Å². The van der Waals surface area contributed by atoms with Crippen LogP contribution in [0.3, 0.4) is 0 Å². The molecule has 0 radical (unpaired) electrons. The van der Waals surface area contributed by atoms with Crippen LogP contribution in [0.4, 0.5) is 0 Å². The Bertz CT molecular complexity index is 90.1. The van der Waals surface area contributed by atoms with Crippen LogP contribution in [0.15, 0.2) is 0 Å². The van der Waals surface area contributed by atoms with Gasteiger partial charge in [0.15, 0.2) is 0 Å². The molecular formula is C8H15LiS2. The first-order chi connectivity index (χ1) is 4.79. The van der Waals surface area contributed by atoms with E-state index < -0.39 is 0 Å². The Balaban J connectivity index is 0.000001000. The third-order valence-corrected chi connectivity index (χ3v) is 4.06. The number of hydrogen-bond donors (Lipinski definition) is 0. The minimum Gasteiger partial charge on any atom is -0.337 e. The van der Waals surface area contributed by atoms with Crippen LogP contribution >= 0.6 is 23.5 Å². The third-order valence-electron chi connectivity index (χ3n) is 1.39. The number of hydrogen-bond acceptors (Lipinski definition) is 2. The van der Waals surface area contributed by atoms with Crippen LogP contribution in [0.2, 0.25) is 0 Å². The molecule has 0 atom stereocenters. The SMILES string of the molecule is CC(C)C[C-]1SCCCS1.[Li+]. The molecule has 0 nitrogen and oxygen atoms in total. The summed E-state index contributed by atoms with van der Waals surface area (Å²) in [5.74, 6) is 3.55. The molecule has 0 bridgehead atoms. The standard InChI is InChI=1S/C8H15S2.Li/c1-7(2)6-8-9-4-3-5-10-8;/h7H,3-6H2,1-2H3;/q-1;+1. The molecule has 0 saturated carbocycles. The van der Waals surface area contributed by atoms with Gasteiger partial charge in [-0.2, -0.15) is 6.42 Å². The largest absolute Gasteiger partial charge is 1.00 e. The van der Waals surface area contributed by atoms with Crippen molar-refractivity contribution in [2.24, 2.45) is 5.92 Å². The van der Waals surface area contributed by atoms with E-state index in [4.69, 9.17) is 0 Å². The van der Waals surface area contributed by atoms with Crippen molar-refractivity contribution in [2.45, 2.75) is 26.7 Å². The maximum Gasteiger partial charge on any atom is 1.00 e. The summed E-state index contributed by atoms with van der Waals surface area (Å²) in [6.07, 6.45) is 2.71. The van der Waals surface area contributed by atoms with Crippen LogP contribution in [-0.2, 0) is 0 Å². The zero-order valence-electron chi connectivity index (χ0n) is 7.72. The van der Waals surface area contributed by atoms with Crippen molar-refractivity contribution < 1.29 is 18.9 Å². The van der Waals surface area contributed by atoms with Gasteiger partial charge in [0.25, 0.3) is 0 Å². The van der Waals surface area contributed by atoms with E-state index >= 15 is 0 Å². The summed E-state index contributed by atoms with van der Waals surface area (Å²) >= 11 is 4.14. The van der Waals surface area contributed by atoms with Crippen molar-refractivity contribution in [1.29, 1.82) is 0 Å². The molecule has 11 heavy (non-hydrogen) atoms. The number of rotatable bonds is 2. The molecule has 0 unspecified atom stereocenters. The van der Waals surface area contributed by atoms with Crippen LogP contribution < -0.4 is 18.9 Å². The maximum atomic E-state index is 2.29. The molecule has 1 saturated heterocycles. The van der Waals surface area contributed by atoms with Gasteiger partial charge < -0.3 is 23.5 Å². The van der Waals surface area contributed by atoms with E-state index in [1.54, 1.807) is 4.58 Å². The first-order valence-corrected chi connectivity index (χ1v) is 5.87. The fraction of sp³-hybridized carbons (Fsp3) is 0.875. The normalized spacial score (nSPS) is 19.9. The van der Waals surface area contributed by atoms with Gasteiger partial charge in [-0.1, -0.05) is 19.8 Å². The molecule has 1 aliphatic heterocycles. The van der Waals surface area contributed by atoms with Gasteiger partial charge in [-0.15, -0.1) is 0 Å². The quantitative estimate of drug-likeness (QED) is 0.448. The van der Waals surface area contributed by atoms with Gasteiger partial charge in [-0.3, -0.25) is 0 Å². The van der Waals surface area contributed by atoms with Crippen molar-refractivity contribution in [3.63, 3.8) is 0 Å². The summed E-state index contributed by atoms with van der Waals surface area (Å²) in [4.78, 5) is 0. The second kappa shape index (κ2) is 6.77. The summed E-state index contributed by atoms with van der Waals surface area (Å²) in [6.45, 7) is 4.59. The fourth-order valence-electron chi connectivity index (χ4n) is 0.924. The zero-order chi connectivity index (χ0) is 7.40. The Morgan fingerprint density at radius 1 is 1.27 bits per heavy atom. The Kier molecular flexibility index (Phi) is 7.57. The summed E-state index contributed by atoms with van der Waals surface area (Å²) in [6, 6.07) is 0. The number of thioether (sulfide) groups is 2. The topological polar surface area (TPSA) is 0 Å². The van der Waals surface area contributed by atoms with E-state index in [9.17, 15) is 0 Å². The van der Waals surface area contributed by atoms with E-state index in [0.29, 0.717) is 0 Å². The van der Waals surface area contributed by atoms with E-state index in [1.165, 1.54) is 24.3 Å². The minimum atomic E-state index is 0. The van der Waals surface area contributed by atoms with Crippen LogP contribution in [0, 0.1) is 10.5 Å². The fourth-order valence-corrected chi connectivity index (χ4v) is 3.87. The van der Waals surface area contributed by atoms with Crippen molar-refractivity contribution >= 4 is 23.5 Å². The molecule has 1 rings (SSSR count). The van der Waals surface area contributed by atoms with Gasteiger partial charge in [-0.25, -0.2) is 4.58 Å². The first kappa shape index (κ1) is 12.3. The molecule has 60 valence electrons. The molecule has 0 spiro atoms. The smallest absolute Gasteiger partial charge is 0.337 e. The first-order valence-electron chi connectivity index (χ1n) is 3.90. The second-order valence-electron chi connectivity index (χ2n) is 3.02. The van der Waals surface area contributed by atoms with Crippen molar-refractivity contribution in [3.8, 4) is 0 Å². The molecule has 0 aromatic rings. The Morgan fingerprint density at radius 2 is 1.82 bits per heavy atom. The van der Waals surface area contributed by atoms with Gasteiger partial charge in [0.2, 0.25) is 0 Å². The predicted molar refractivity (Wildman–Crippen MR) is 52.2 cm³/mol. The predicted octanol–water partition coefficient (Wildman–Crippen LogP) is 0.396. The van der Waals surface area contributed by atoms with Gasteiger partial charge in [0.05, 0.1) is 0 Å². The summed E-state index contributed by atoms with van der Waals surface area (Å²) in [5.41, 5.74) is 0. The molecule has 3 heteroatoms. The summed E-state index contributed by atoms with van der Waals surface area (Å²) in [5, 5.41) is 0. The third kappa shape index (κ3) is 5.52. The molecule has 0 aromatic heterocycles. The van der Waals surface area contributed by atoms with E-state index in [1.807, 2.05) is 0 Å². The van der Waals surface area contributed by atoms with E-state index in [0.717, 1.165) is 5.92 Å². The van der Waals surface area contributed by atoms with Crippen LogP contribution in [0.1, 0.15) is 26.7 Å². The molecule has 0 N–H and O–H groups in total. The van der Waals surface area contributed by atoms with E-state index in [-0.39, 0.29) is 18.9 Å². The van der Waals surface area contributed by atoms with Crippen molar-refractivity contribution in [2.75, 3.05) is 11.5 Å². The summed E-state index contributed by atoms with van der Waals surface area (Å²) in [7, 11) is 0. The van der Waals surface area contributed by atoms with Gasteiger partial charge in [0, 0.05) is 0 Å². The van der Waals surface area contributed by atoms with Crippen molar-refractivity contribution in [3.05, 3.63) is 4.58 Å². The monoisotopic (exact) mass is 182 g/mol. The van der Waals surface area contributed by atoms with Gasteiger partial charge in [-0.05, 0) is 17.9 Å². The van der Waals surface area contributed by atoms with Crippen LogP contribution in [0.25, 0.3) is 0 Å². The van der Waals surface area contributed by atoms with E-state index in [2.05, 4.69) is 37.4 Å². The average Bonchev–Trinajstić information content (AvgIpc) is 1.88. The van der Waals surface area contributed by atoms with Gasteiger partial charge in [0.1, 0.15) is 0 Å². The molecule has 0 aromatic carbocycles. The molecule has 1 aliphatic rings. The Labute approximate surface area is 90.8 Å². The van der Waals surface area contributed by atoms with Gasteiger partial charge >= 0.3 is 18.9 Å². The molecular weight excluding hydrogens is 167 g/mol. The average molecular weight is 182 g/mol. The molecule has 1 fully saturated rings. The second-order valence-corrected chi connectivity index (χ2v) is 5.66. The molecule has 0 amide bonds. The Hall–Kier alpha value is 1.30. The molecule has 1 heterocycles. The Morgan fingerprint density at radius 3 is 2.27 bits per heavy atom. The zero-order valence-corrected chi connectivity index (χ0v) is 9.36. The van der Waals surface area contributed by atoms with Crippen LogP contribution in [0.5, 0.6) is 0 Å². The maximum absolute atomic E-state index is 2.29. The summed E-state index contributed by atoms with van der Waals surface area (Å²) < 4.78 is 1.67. The molecule has 0 aliphatic carbocycles.